The Hall–Kier alpha value is -0.330. The third kappa shape index (κ3) is 1.24. The molecule has 0 aromatic carbocycles. The minimum Gasteiger partial charge on any atom is -0.299 e. The van der Waals surface area contributed by atoms with E-state index < -0.39 is 0 Å². The maximum Gasteiger partial charge on any atom is 0.139 e. The second kappa shape index (κ2) is 3.33. The lowest BCUT2D eigenvalue weighted by molar-refractivity contribution is -0.131. The molecule has 0 bridgehead atoms. The van der Waals surface area contributed by atoms with Gasteiger partial charge in [-0.05, 0) is 56.3 Å². The Balaban J connectivity index is 1.98. The van der Waals surface area contributed by atoms with E-state index in [1.165, 1.54) is 38.5 Å². The van der Waals surface area contributed by atoms with E-state index in [1.54, 1.807) is 0 Å². The number of carbonyl (C=O) groups excluding carboxylic acids is 1. The Morgan fingerprint density at radius 3 is 2.80 bits per heavy atom. The van der Waals surface area contributed by atoms with Crippen molar-refractivity contribution in [2.24, 2.45) is 23.2 Å². The van der Waals surface area contributed by atoms with Gasteiger partial charge < -0.3 is 0 Å². The van der Waals surface area contributed by atoms with Crippen LogP contribution in [0.25, 0.3) is 0 Å². The molecule has 3 aliphatic rings. The van der Waals surface area contributed by atoms with Gasteiger partial charge in [0.25, 0.3) is 0 Å². The van der Waals surface area contributed by atoms with Crippen LogP contribution in [0.5, 0.6) is 0 Å². The van der Waals surface area contributed by atoms with Crippen LogP contribution in [0.15, 0.2) is 0 Å². The smallest absolute Gasteiger partial charge is 0.139 e. The van der Waals surface area contributed by atoms with Crippen LogP contribution in [0.4, 0.5) is 0 Å². The highest BCUT2D eigenvalue weighted by Crippen LogP contribution is 2.62. The largest absolute Gasteiger partial charge is 0.299 e. The van der Waals surface area contributed by atoms with Crippen molar-refractivity contribution in [1.82, 2.24) is 0 Å². The van der Waals surface area contributed by atoms with Gasteiger partial charge in [-0.1, -0.05) is 13.3 Å². The van der Waals surface area contributed by atoms with E-state index >= 15 is 0 Å². The fraction of sp³-hybridized carbons (Fsp3) is 0.929. The number of carbonyl (C=O) groups is 1. The van der Waals surface area contributed by atoms with Crippen LogP contribution in [0.1, 0.15) is 58.3 Å². The highest BCUT2D eigenvalue weighted by Gasteiger charge is 2.58. The predicted octanol–water partition coefficient (Wildman–Crippen LogP) is 3.57. The summed E-state index contributed by atoms with van der Waals surface area (Å²) < 4.78 is 0. The van der Waals surface area contributed by atoms with Crippen molar-refractivity contribution < 1.29 is 4.79 Å². The van der Waals surface area contributed by atoms with Crippen LogP contribution in [0.3, 0.4) is 0 Å². The molecule has 0 radical (unpaired) electrons. The van der Waals surface area contributed by atoms with Crippen molar-refractivity contribution in [3.8, 4) is 0 Å². The van der Waals surface area contributed by atoms with E-state index in [0.29, 0.717) is 5.78 Å². The molecule has 84 valence electrons. The van der Waals surface area contributed by atoms with E-state index in [2.05, 4.69) is 6.92 Å². The van der Waals surface area contributed by atoms with Crippen LogP contribution >= 0.6 is 0 Å². The standard InChI is InChI=1S/C14H22O/c1-10-8-12-7-6-11-4-2-3-5-13(15)14(11,12)9-10/h10-12H,2-9H2,1H3/t10?,11-,12+,14?/m0/s1. The van der Waals surface area contributed by atoms with Gasteiger partial charge in [0.15, 0.2) is 0 Å². The maximum absolute atomic E-state index is 12.4. The number of Topliss-reactive ketones (excluding diaryl/α,β-unsaturated/α-hetero) is 1. The van der Waals surface area contributed by atoms with Crippen LogP contribution in [0.2, 0.25) is 0 Å². The summed E-state index contributed by atoms with van der Waals surface area (Å²) in [5.74, 6) is 2.99. The summed E-state index contributed by atoms with van der Waals surface area (Å²) in [6, 6.07) is 0. The molecule has 3 fully saturated rings. The van der Waals surface area contributed by atoms with Crippen molar-refractivity contribution in [1.29, 1.82) is 0 Å². The van der Waals surface area contributed by atoms with Crippen molar-refractivity contribution in [2.45, 2.75) is 58.3 Å². The fourth-order valence-corrected chi connectivity index (χ4v) is 4.94. The van der Waals surface area contributed by atoms with Gasteiger partial charge >= 0.3 is 0 Å². The summed E-state index contributed by atoms with van der Waals surface area (Å²) in [5, 5.41) is 0. The van der Waals surface area contributed by atoms with Gasteiger partial charge in [-0.3, -0.25) is 4.79 Å². The zero-order valence-electron chi connectivity index (χ0n) is 9.80. The van der Waals surface area contributed by atoms with E-state index in [0.717, 1.165) is 30.6 Å². The minimum absolute atomic E-state index is 0.177. The molecular weight excluding hydrogens is 184 g/mol. The minimum atomic E-state index is 0.177. The topological polar surface area (TPSA) is 17.1 Å². The number of hydrogen-bond acceptors (Lipinski definition) is 1. The number of rotatable bonds is 0. The number of hydrogen-bond donors (Lipinski definition) is 0. The monoisotopic (exact) mass is 206 g/mol. The Labute approximate surface area is 92.6 Å². The summed E-state index contributed by atoms with van der Waals surface area (Å²) >= 11 is 0. The third-order valence-corrected chi connectivity index (χ3v) is 5.42. The quantitative estimate of drug-likeness (QED) is 0.592. The van der Waals surface area contributed by atoms with Crippen molar-refractivity contribution in [3.05, 3.63) is 0 Å². The van der Waals surface area contributed by atoms with Gasteiger partial charge in [-0.25, -0.2) is 0 Å². The van der Waals surface area contributed by atoms with E-state index in [9.17, 15) is 4.79 Å². The summed E-state index contributed by atoms with van der Waals surface area (Å²) in [6.45, 7) is 2.35. The third-order valence-electron chi connectivity index (χ3n) is 5.42. The zero-order valence-corrected chi connectivity index (χ0v) is 9.80. The van der Waals surface area contributed by atoms with Gasteiger partial charge in [0.05, 0.1) is 0 Å². The van der Waals surface area contributed by atoms with Crippen LogP contribution < -0.4 is 0 Å². The first-order valence-electron chi connectivity index (χ1n) is 6.77. The van der Waals surface area contributed by atoms with E-state index in [1.807, 2.05) is 0 Å². The maximum atomic E-state index is 12.4. The van der Waals surface area contributed by atoms with Gasteiger partial charge in [-0.15, -0.1) is 0 Å². The first-order chi connectivity index (χ1) is 7.23. The SMILES string of the molecule is CC1C[C@H]2CC[C@@H]3CCCCC(=O)C32C1. The lowest BCUT2D eigenvalue weighted by Crippen LogP contribution is -2.35. The molecule has 15 heavy (non-hydrogen) atoms. The van der Waals surface area contributed by atoms with Gasteiger partial charge in [0.2, 0.25) is 0 Å². The highest BCUT2D eigenvalue weighted by molar-refractivity contribution is 5.86. The average molecular weight is 206 g/mol. The fourth-order valence-electron chi connectivity index (χ4n) is 4.94. The van der Waals surface area contributed by atoms with Crippen LogP contribution in [0, 0.1) is 23.2 Å². The molecule has 0 N–H and O–H groups in total. The summed E-state index contributed by atoms with van der Waals surface area (Å²) in [4.78, 5) is 12.4. The van der Waals surface area contributed by atoms with Crippen molar-refractivity contribution >= 4 is 5.78 Å². The molecule has 3 rings (SSSR count). The predicted molar refractivity (Wildman–Crippen MR) is 60.5 cm³/mol. The lowest BCUT2D eigenvalue weighted by atomic mass is 9.69. The molecule has 0 amide bonds. The molecule has 0 aliphatic heterocycles. The van der Waals surface area contributed by atoms with E-state index in [4.69, 9.17) is 0 Å². The van der Waals surface area contributed by atoms with Crippen molar-refractivity contribution in [2.75, 3.05) is 0 Å². The summed E-state index contributed by atoms with van der Waals surface area (Å²) in [5.41, 5.74) is 0.177. The Kier molecular flexibility index (Phi) is 2.19. The Bertz CT molecular complexity index is 283. The van der Waals surface area contributed by atoms with Crippen LogP contribution in [-0.2, 0) is 4.79 Å². The molecule has 0 aromatic heterocycles. The highest BCUT2D eigenvalue weighted by atomic mass is 16.1. The molecule has 0 saturated heterocycles. The Morgan fingerprint density at radius 1 is 1.13 bits per heavy atom. The zero-order chi connectivity index (χ0) is 10.5. The first-order valence-corrected chi connectivity index (χ1v) is 6.77. The molecule has 1 spiro atoms. The first kappa shape index (κ1) is 9.86. The second-order valence-electron chi connectivity index (χ2n) is 6.23. The molecule has 0 aromatic rings. The molecule has 3 aliphatic carbocycles. The molecular formula is C14H22O. The molecule has 1 heteroatoms. The average Bonchev–Trinajstić information content (AvgIpc) is 2.64. The van der Waals surface area contributed by atoms with Crippen molar-refractivity contribution in [3.63, 3.8) is 0 Å². The summed E-state index contributed by atoms with van der Waals surface area (Å²) in [6.07, 6.45) is 9.96. The lowest BCUT2D eigenvalue weighted by Gasteiger charge is -2.33. The molecule has 3 saturated carbocycles. The van der Waals surface area contributed by atoms with E-state index in [-0.39, 0.29) is 5.41 Å². The second-order valence-corrected chi connectivity index (χ2v) is 6.23. The molecule has 4 atom stereocenters. The van der Waals surface area contributed by atoms with Gasteiger partial charge in [0, 0.05) is 11.8 Å². The van der Waals surface area contributed by atoms with Gasteiger partial charge in [0.1, 0.15) is 5.78 Å². The molecule has 1 nitrogen and oxygen atoms in total. The Morgan fingerprint density at radius 2 is 1.93 bits per heavy atom. The normalized spacial score (nSPS) is 49.9. The molecule has 0 heterocycles. The van der Waals surface area contributed by atoms with Crippen LogP contribution in [-0.4, -0.2) is 5.78 Å². The summed E-state index contributed by atoms with van der Waals surface area (Å²) in [7, 11) is 0. The molecule has 2 unspecified atom stereocenters. The van der Waals surface area contributed by atoms with Gasteiger partial charge in [-0.2, -0.15) is 0 Å². The number of ketones is 1.